The van der Waals surface area contributed by atoms with Crippen LogP contribution in [0.5, 0.6) is 11.5 Å². The lowest BCUT2D eigenvalue weighted by Crippen LogP contribution is -2.31. The molecule has 0 spiro atoms. The topological polar surface area (TPSA) is 50.7 Å². The number of hydrogen-bond acceptors (Lipinski definition) is 6. The van der Waals surface area contributed by atoms with Crippen LogP contribution < -0.4 is 9.47 Å². The lowest BCUT2D eigenvalue weighted by Gasteiger charge is -2.23. The highest BCUT2D eigenvalue weighted by molar-refractivity contribution is 5.23. The predicted octanol–water partition coefficient (Wildman–Crippen LogP) is 2.06. The first-order valence-corrected chi connectivity index (χ1v) is 7.95. The summed E-state index contributed by atoms with van der Waals surface area (Å²) in [6.07, 6.45) is 3.56. The van der Waals surface area contributed by atoms with Gasteiger partial charge in [-0.3, -0.25) is 14.9 Å². The second-order valence-electron chi connectivity index (χ2n) is 5.89. The van der Waals surface area contributed by atoms with Crippen molar-refractivity contribution in [3.8, 4) is 11.5 Å². The first kappa shape index (κ1) is 18.2. The van der Waals surface area contributed by atoms with Gasteiger partial charge in [-0.1, -0.05) is 0 Å². The smallest absolute Gasteiger partial charge is 0.122 e. The Morgan fingerprint density at radius 3 is 1.75 bits per heavy atom. The van der Waals surface area contributed by atoms with E-state index in [-0.39, 0.29) is 0 Å². The third-order valence-corrected chi connectivity index (χ3v) is 3.68. The van der Waals surface area contributed by atoms with Crippen molar-refractivity contribution in [1.29, 1.82) is 0 Å². The number of nitrogens with zero attached hydrogens (tertiary/aromatic N) is 4. The van der Waals surface area contributed by atoms with Crippen molar-refractivity contribution < 1.29 is 9.47 Å². The van der Waals surface area contributed by atoms with Crippen molar-refractivity contribution in [1.82, 2.24) is 19.8 Å². The molecular formula is C18H26N4O2. The average molecular weight is 330 g/mol. The van der Waals surface area contributed by atoms with Crippen molar-refractivity contribution in [2.24, 2.45) is 0 Å². The number of aromatic nitrogens is 2. The van der Waals surface area contributed by atoms with E-state index >= 15 is 0 Å². The fraction of sp³-hybridized carbons (Fsp3) is 0.444. The minimum Gasteiger partial charge on any atom is -0.497 e. The second kappa shape index (κ2) is 9.20. The lowest BCUT2D eigenvalue weighted by atomic mass is 10.2. The zero-order valence-corrected chi connectivity index (χ0v) is 14.9. The standard InChI is InChI=1S/C18H26N4O2/c1-21(2)9-10-22(13-15-11-17(23-3)5-7-19-15)14-16-12-18(24-4)6-8-20-16/h5-8,11-12H,9-10,13-14H2,1-4H3. The number of methoxy groups -OCH3 is 2. The molecule has 130 valence electrons. The van der Waals surface area contributed by atoms with Crippen molar-refractivity contribution >= 4 is 0 Å². The quantitative estimate of drug-likeness (QED) is 0.701. The summed E-state index contributed by atoms with van der Waals surface area (Å²) in [5, 5.41) is 0. The van der Waals surface area contributed by atoms with Crippen molar-refractivity contribution in [2.45, 2.75) is 13.1 Å². The highest BCUT2D eigenvalue weighted by atomic mass is 16.5. The van der Waals surface area contributed by atoms with Crippen molar-refractivity contribution in [3.05, 3.63) is 48.0 Å². The summed E-state index contributed by atoms with van der Waals surface area (Å²) < 4.78 is 10.6. The molecule has 0 fully saturated rings. The van der Waals surface area contributed by atoms with E-state index in [1.54, 1.807) is 26.6 Å². The van der Waals surface area contributed by atoms with Gasteiger partial charge in [0.2, 0.25) is 0 Å². The molecule has 2 rings (SSSR count). The minimum absolute atomic E-state index is 0.740. The van der Waals surface area contributed by atoms with Crippen LogP contribution >= 0.6 is 0 Å². The maximum Gasteiger partial charge on any atom is 0.122 e. The number of likely N-dealkylation sites (N-methyl/N-ethyl adjacent to an activating group) is 1. The first-order valence-electron chi connectivity index (χ1n) is 7.95. The largest absolute Gasteiger partial charge is 0.497 e. The van der Waals surface area contributed by atoms with Gasteiger partial charge in [-0.2, -0.15) is 0 Å². The summed E-state index contributed by atoms with van der Waals surface area (Å²) >= 11 is 0. The normalized spacial score (nSPS) is 11.1. The predicted molar refractivity (Wildman–Crippen MR) is 94.2 cm³/mol. The van der Waals surface area contributed by atoms with Gasteiger partial charge in [0.05, 0.1) is 25.6 Å². The Morgan fingerprint density at radius 2 is 1.33 bits per heavy atom. The van der Waals surface area contributed by atoms with Crippen LogP contribution in [0.1, 0.15) is 11.4 Å². The molecule has 6 nitrogen and oxygen atoms in total. The highest BCUT2D eigenvalue weighted by Gasteiger charge is 2.11. The van der Waals surface area contributed by atoms with Crippen molar-refractivity contribution in [2.75, 3.05) is 41.4 Å². The van der Waals surface area contributed by atoms with E-state index in [1.165, 1.54) is 0 Å². The van der Waals surface area contributed by atoms with Gasteiger partial charge >= 0.3 is 0 Å². The van der Waals surface area contributed by atoms with E-state index < -0.39 is 0 Å². The molecule has 0 amide bonds. The summed E-state index contributed by atoms with van der Waals surface area (Å²) in [4.78, 5) is 13.4. The summed E-state index contributed by atoms with van der Waals surface area (Å²) in [7, 11) is 7.49. The molecule has 0 atom stereocenters. The fourth-order valence-electron chi connectivity index (χ4n) is 2.35. The summed E-state index contributed by atoms with van der Waals surface area (Å²) in [6.45, 7) is 3.37. The molecule has 0 aromatic carbocycles. The first-order chi connectivity index (χ1) is 11.6. The maximum absolute atomic E-state index is 5.29. The van der Waals surface area contributed by atoms with E-state index in [0.717, 1.165) is 49.1 Å². The SMILES string of the molecule is COc1ccnc(CN(CCN(C)C)Cc2cc(OC)ccn2)c1. The number of hydrogen-bond donors (Lipinski definition) is 0. The number of ether oxygens (including phenoxy) is 2. The molecule has 0 saturated carbocycles. The molecule has 0 aliphatic rings. The van der Waals surface area contributed by atoms with Crippen LogP contribution in [0, 0.1) is 0 Å². The summed E-state index contributed by atoms with van der Waals surface area (Å²) in [6, 6.07) is 7.66. The van der Waals surface area contributed by atoms with E-state index in [9.17, 15) is 0 Å². The molecule has 0 bridgehead atoms. The van der Waals surface area contributed by atoms with Crippen LogP contribution in [0.3, 0.4) is 0 Å². The van der Waals surface area contributed by atoms with Crippen LogP contribution in [0.25, 0.3) is 0 Å². The van der Waals surface area contributed by atoms with E-state index in [0.29, 0.717) is 0 Å². The molecule has 0 aliphatic heterocycles. The van der Waals surface area contributed by atoms with Gasteiger partial charge in [-0.05, 0) is 26.2 Å². The Hall–Kier alpha value is -2.18. The van der Waals surface area contributed by atoms with E-state index in [4.69, 9.17) is 9.47 Å². The molecule has 0 N–H and O–H groups in total. The Kier molecular flexibility index (Phi) is 6.96. The Labute approximate surface area is 144 Å². The molecular weight excluding hydrogens is 304 g/mol. The molecule has 2 heterocycles. The molecule has 0 unspecified atom stereocenters. The molecule has 2 aromatic heterocycles. The highest BCUT2D eigenvalue weighted by Crippen LogP contribution is 2.15. The Bertz CT molecular complexity index is 584. The molecule has 0 radical (unpaired) electrons. The van der Waals surface area contributed by atoms with Gasteiger partial charge in [0, 0.05) is 50.7 Å². The van der Waals surface area contributed by atoms with Gasteiger partial charge in [0.1, 0.15) is 11.5 Å². The van der Waals surface area contributed by atoms with Crippen LogP contribution in [-0.4, -0.2) is 61.2 Å². The van der Waals surface area contributed by atoms with Gasteiger partial charge in [-0.15, -0.1) is 0 Å². The average Bonchev–Trinajstić information content (AvgIpc) is 2.60. The van der Waals surface area contributed by atoms with Crippen LogP contribution in [-0.2, 0) is 13.1 Å². The molecule has 0 saturated heterocycles. The van der Waals surface area contributed by atoms with E-state index in [1.807, 2.05) is 24.3 Å². The zero-order valence-electron chi connectivity index (χ0n) is 14.9. The third-order valence-electron chi connectivity index (χ3n) is 3.68. The molecule has 6 heteroatoms. The van der Waals surface area contributed by atoms with Crippen LogP contribution in [0.2, 0.25) is 0 Å². The fourth-order valence-corrected chi connectivity index (χ4v) is 2.35. The van der Waals surface area contributed by atoms with Crippen molar-refractivity contribution in [3.63, 3.8) is 0 Å². The molecule has 24 heavy (non-hydrogen) atoms. The van der Waals surface area contributed by atoms with Crippen LogP contribution in [0.15, 0.2) is 36.7 Å². The molecule has 2 aromatic rings. The summed E-state index contributed by atoms with van der Waals surface area (Å²) in [5.74, 6) is 1.65. The zero-order chi connectivity index (χ0) is 17.4. The summed E-state index contributed by atoms with van der Waals surface area (Å²) in [5.41, 5.74) is 1.96. The van der Waals surface area contributed by atoms with Crippen LogP contribution in [0.4, 0.5) is 0 Å². The minimum atomic E-state index is 0.740. The van der Waals surface area contributed by atoms with E-state index in [2.05, 4.69) is 33.9 Å². The van der Waals surface area contributed by atoms with Gasteiger partial charge in [-0.25, -0.2) is 0 Å². The third kappa shape index (κ3) is 5.79. The van der Waals surface area contributed by atoms with Gasteiger partial charge in [0.15, 0.2) is 0 Å². The number of rotatable bonds is 9. The van der Waals surface area contributed by atoms with Gasteiger partial charge in [0.25, 0.3) is 0 Å². The monoisotopic (exact) mass is 330 g/mol. The Morgan fingerprint density at radius 1 is 0.833 bits per heavy atom. The molecule has 0 aliphatic carbocycles. The second-order valence-corrected chi connectivity index (χ2v) is 5.89. The Balaban J connectivity index is 2.10. The maximum atomic E-state index is 5.29. The van der Waals surface area contributed by atoms with Gasteiger partial charge < -0.3 is 14.4 Å². The lowest BCUT2D eigenvalue weighted by molar-refractivity contribution is 0.221. The number of pyridine rings is 2.